The quantitative estimate of drug-likeness (QED) is 0.687. The lowest BCUT2D eigenvalue weighted by Crippen LogP contribution is -2.48. The molecule has 1 N–H and O–H groups in total. The summed E-state index contributed by atoms with van der Waals surface area (Å²) in [6.45, 7) is 2.06. The molecule has 3 atom stereocenters. The molecule has 2 aromatic rings. The SMILES string of the molecule is CN(CCCc1ccccc1)CCC1(O)CC2CCC1C=C2c1ccccc1. The lowest BCUT2D eigenvalue weighted by Gasteiger charge is -2.48. The summed E-state index contributed by atoms with van der Waals surface area (Å²) >= 11 is 0. The number of aryl methyl sites for hydroxylation is 1. The van der Waals surface area contributed by atoms with Crippen molar-refractivity contribution in [3.8, 4) is 0 Å². The molecule has 1 saturated carbocycles. The highest BCUT2D eigenvalue weighted by Gasteiger charge is 2.46. The maximum absolute atomic E-state index is 11.4. The van der Waals surface area contributed by atoms with Crippen LogP contribution in [-0.4, -0.2) is 35.7 Å². The summed E-state index contributed by atoms with van der Waals surface area (Å²) in [5.74, 6) is 0.825. The Balaban J connectivity index is 1.30. The van der Waals surface area contributed by atoms with Gasteiger partial charge in [-0.15, -0.1) is 0 Å². The molecule has 148 valence electrons. The van der Waals surface area contributed by atoms with E-state index in [4.69, 9.17) is 0 Å². The highest BCUT2D eigenvalue weighted by molar-refractivity contribution is 5.69. The molecule has 0 amide bonds. The van der Waals surface area contributed by atoms with Crippen molar-refractivity contribution in [2.45, 2.75) is 44.1 Å². The summed E-state index contributed by atoms with van der Waals surface area (Å²) in [7, 11) is 2.20. The molecule has 0 radical (unpaired) electrons. The monoisotopic (exact) mass is 375 g/mol. The molecule has 0 aromatic heterocycles. The first-order valence-corrected chi connectivity index (χ1v) is 10.9. The van der Waals surface area contributed by atoms with Crippen molar-refractivity contribution >= 4 is 5.57 Å². The maximum Gasteiger partial charge on any atom is 0.0728 e. The van der Waals surface area contributed by atoms with Crippen LogP contribution in [0.15, 0.2) is 66.7 Å². The van der Waals surface area contributed by atoms with E-state index < -0.39 is 5.60 Å². The fourth-order valence-corrected chi connectivity index (χ4v) is 5.13. The van der Waals surface area contributed by atoms with E-state index in [2.05, 4.69) is 78.7 Å². The van der Waals surface area contributed by atoms with Crippen molar-refractivity contribution in [3.05, 3.63) is 77.9 Å². The molecule has 0 saturated heterocycles. The summed E-state index contributed by atoms with van der Waals surface area (Å²) < 4.78 is 0. The average Bonchev–Trinajstić information content (AvgIpc) is 2.74. The zero-order chi connectivity index (χ0) is 19.4. The molecule has 2 nitrogen and oxygen atoms in total. The van der Waals surface area contributed by atoms with E-state index in [9.17, 15) is 5.11 Å². The maximum atomic E-state index is 11.4. The van der Waals surface area contributed by atoms with Gasteiger partial charge < -0.3 is 10.0 Å². The molecule has 2 bridgehead atoms. The third-order valence-corrected chi connectivity index (χ3v) is 6.82. The largest absolute Gasteiger partial charge is 0.389 e. The second-order valence-corrected chi connectivity index (χ2v) is 8.82. The number of hydrogen-bond donors (Lipinski definition) is 1. The standard InChI is InChI=1S/C26H33NO/c1-27(17-8-11-21-9-4-2-5-10-21)18-16-26(28)20-23-14-15-24(26)19-25(23)22-12-6-3-7-13-22/h2-7,9-10,12-13,19,23-24,28H,8,11,14-18,20H2,1H3. The first-order valence-electron chi connectivity index (χ1n) is 10.9. The van der Waals surface area contributed by atoms with Crippen LogP contribution in [0.5, 0.6) is 0 Å². The van der Waals surface area contributed by atoms with Gasteiger partial charge in [0.2, 0.25) is 0 Å². The fourth-order valence-electron chi connectivity index (χ4n) is 5.13. The minimum Gasteiger partial charge on any atom is -0.389 e. The molecule has 3 aliphatic rings. The lowest BCUT2D eigenvalue weighted by atomic mass is 9.61. The first kappa shape index (κ1) is 19.4. The number of nitrogens with zero attached hydrogens (tertiary/aromatic N) is 1. The van der Waals surface area contributed by atoms with E-state index in [0.29, 0.717) is 11.8 Å². The van der Waals surface area contributed by atoms with Gasteiger partial charge in [-0.25, -0.2) is 0 Å². The van der Waals surface area contributed by atoms with Gasteiger partial charge in [0.15, 0.2) is 0 Å². The number of benzene rings is 2. The van der Waals surface area contributed by atoms with E-state index in [1.807, 2.05) is 0 Å². The van der Waals surface area contributed by atoms with Gasteiger partial charge in [0.1, 0.15) is 0 Å². The Morgan fingerprint density at radius 3 is 2.36 bits per heavy atom. The van der Waals surface area contributed by atoms with Gasteiger partial charge in [0.05, 0.1) is 5.60 Å². The molecule has 28 heavy (non-hydrogen) atoms. The lowest BCUT2D eigenvalue weighted by molar-refractivity contribution is -0.0574. The van der Waals surface area contributed by atoms with Gasteiger partial charge in [-0.2, -0.15) is 0 Å². The molecule has 2 aromatic carbocycles. The van der Waals surface area contributed by atoms with E-state index >= 15 is 0 Å². The van der Waals surface area contributed by atoms with E-state index in [-0.39, 0.29) is 0 Å². The Bertz CT molecular complexity index is 785. The number of fused-ring (bicyclic) bond motifs is 2. The Hall–Kier alpha value is -1.90. The van der Waals surface area contributed by atoms with Crippen LogP contribution in [0.2, 0.25) is 0 Å². The summed E-state index contributed by atoms with van der Waals surface area (Å²) in [6.07, 6.45) is 8.86. The van der Waals surface area contributed by atoms with Crippen LogP contribution in [0.3, 0.4) is 0 Å². The fraction of sp³-hybridized carbons (Fsp3) is 0.462. The Morgan fingerprint density at radius 2 is 1.68 bits per heavy atom. The van der Waals surface area contributed by atoms with Gasteiger partial charge >= 0.3 is 0 Å². The normalized spacial score (nSPS) is 26.5. The summed E-state index contributed by atoms with van der Waals surface area (Å²) in [6, 6.07) is 21.5. The molecule has 0 heterocycles. The first-order chi connectivity index (χ1) is 13.6. The van der Waals surface area contributed by atoms with Crippen LogP contribution < -0.4 is 0 Å². The number of rotatable bonds is 8. The number of allylic oxidation sites excluding steroid dienone is 1. The van der Waals surface area contributed by atoms with E-state index in [1.54, 1.807) is 0 Å². The van der Waals surface area contributed by atoms with Crippen LogP contribution in [0, 0.1) is 11.8 Å². The van der Waals surface area contributed by atoms with E-state index in [0.717, 1.165) is 38.8 Å². The molecule has 0 aliphatic heterocycles. The Morgan fingerprint density at radius 1 is 0.964 bits per heavy atom. The van der Waals surface area contributed by atoms with Gasteiger partial charge in [-0.1, -0.05) is 66.7 Å². The third-order valence-electron chi connectivity index (χ3n) is 6.82. The average molecular weight is 376 g/mol. The highest BCUT2D eigenvalue weighted by atomic mass is 16.3. The van der Waals surface area contributed by atoms with Gasteiger partial charge in [-0.3, -0.25) is 0 Å². The molecule has 1 fully saturated rings. The van der Waals surface area contributed by atoms with Crippen molar-refractivity contribution in [1.82, 2.24) is 4.90 Å². The zero-order valence-corrected chi connectivity index (χ0v) is 17.1. The van der Waals surface area contributed by atoms with E-state index in [1.165, 1.54) is 29.5 Å². The molecule has 2 heteroatoms. The smallest absolute Gasteiger partial charge is 0.0728 e. The van der Waals surface area contributed by atoms with Crippen LogP contribution in [0.1, 0.15) is 43.2 Å². The van der Waals surface area contributed by atoms with Crippen LogP contribution in [-0.2, 0) is 6.42 Å². The van der Waals surface area contributed by atoms with Crippen molar-refractivity contribution in [3.63, 3.8) is 0 Å². The van der Waals surface area contributed by atoms with Crippen molar-refractivity contribution in [2.75, 3.05) is 20.1 Å². The minimum absolute atomic E-state index is 0.311. The molecule has 0 spiro atoms. The Labute approximate surface area is 169 Å². The summed E-state index contributed by atoms with van der Waals surface area (Å²) in [4.78, 5) is 2.39. The summed E-state index contributed by atoms with van der Waals surface area (Å²) in [5, 5.41) is 11.4. The second-order valence-electron chi connectivity index (χ2n) is 8.82. The summed E-state index contributed by atoms with van der Waals surface area (Å²) in [5.41, 5.74) is 3.71. The van der Waals surface area contributed by atoms with Gasteiger partial charge in [0, 0.05) is 12.5 Å². The van der Waals surface area contributed by atoms with Crippen LogP contribution >= 0.6 is 0 Å². The molecule has 5 rings (SSSR count). The number of hydrogen-bond acceptors (Lipinski definition) is 2. The Kier molecular flexibility index (Phi) is 5.99. The highest BCUT2D eigenvalue weighted by Crippen LogP contribution is 2.51. The third kappa shape index (κ3) is 4.39. The topological polar surface area (TPSA) is 23.5 Å². The molecular formula is C26H33NO. The molecule has 3 unspecified atom stereocenters. The van der Waals surface area contributed by atoms with Crippen molar-refractivity contribution in [1.29, 1.82) is 0 Å². The predicted molar refractivity (Wildman–Crippen MR) is 117 cm³/mol. The second kappa shape index (κ2) is 8.63. The van der Waals surface area contributed by atoms with Crippen molar-refractivity contribution in [2.24, 2.45) is 11.8 Å². The molecule has 3 aliphatic carbocycles. The van der Waals surface area contributed by atoms with Crippen LogP contribution in [0.25, 0.3) is 5.57 Å². The van der Waals surface area contributed by atoms with Crippen LogP contribution in [0.4, 0.5) is 0 Å². The van der Waals surface area contributed by atoms with Crippen molar-refractivity contribution < 1.29 is 5.11 Å². The predicted octanol–water partition coefficient (Wildman–Crippen LogP) is 5.19. The van der Waals surface area contributed by atoms with Gasteiger partial charge in [-0.05, 0) is 74.7 Å². The zero-order valence-electron chi connectivity index (χ0n) is 17.1. The molecular weight excluding hydrogens is 342 g/mol. The number of aliphatic hydroxyl groups is 1. The minimum atomic E-state index is -0.519. The van der Waals surface area contributed by atoms with Gasteiger partial charge in [0.25, 0.3) is 0 Å².